The number of carbonyl (C=O) groups is 1. The van der Waals surface area contributed by atoms with Crippen LogP contribution in [0.15, 0.2) is 22.7 Å². The molecule has 0 saturated carbocycles. The number of pyridine rings is 1. The number of nitrogens with one attached hydrogen (secondary N) is 1. The third kappa shape index (κ3) is 3.41. The zero-order valence-corrected chi connectivity index (χ0v) is 12.7. The molecule has 0 unspecified atom stereocenters. The Bertz CT molecular complexity index is 621. The number of aryl methyl sites for hydroxylation is 3. The fourth-order valence-electron chi connectivity index (χ4n) is 1.77. The Kier molecular flexibility index (Phi) is 3.99. The van der Waals surface area contributed by atoms with Crippen LogP contribution in [0.4, 0.5) is 5.82 Å². The summed E-state index contributed by atoms with van der Waals surface area (Å²) in [5.74, 6) is 0.410. The smallest absolute Gasteiger partial charge is 0.247 e. The van der Waals surface area contributed by atoms with Crippen LogP contribution in [0, 0.1) is 20.8 Å². The number of carbonyl (C=O) groups excluding carboxylic acids is 1. The third-order valence-electron chi connectivity index (χ3n) is 2.69. The van der Waals surface area contributed by atoms with Crippen molar-refractivity contribution >= 4 is 27.7 Å². The molecular formula is C13H15BrN4O. The van der Waals surface area contributed by atoms with Crippen LogP contribution in [-0.4, -0.2) is 20.7 Å². The van der Waals surface area contributed by atoms with Crippen LogP contribution < -0.4 is 5.32 Å². The number of aromatic nitrogens is 3. The third-order valence-corrected chi connectivity index (χ3v) is 3.52. The molecule has 1 N–H and O–H groups in total. The van der Waals surface area contributed by atoms with Crippen LogP contribution >= 0.6 is 15.9 Å². The normalized spacial score (nSPS) is 10.5. The van der Waals surface area contributed by atoms with E-state index in [1.807, 2.05) is 32.9 Å². The summed E-state index contributed by atoms with van der Waals surface area (Å²) in [6.45, 7) is 5.90. The van der Waals surface area contributed by atoms with Crippen LogP contribution in [0.1, 0.15) is 17.1 Å². The Morgan fingerprint density at radius 3 is 2.68 bits per heavy atom. The fourth-order valence-corrected chi connectivity index (χ4v) is 1.99. The second-order valence-corrected chi connectivity index (χ2v) is 5.25. The van der Waals surface area contributed by atoms with Gasteiger partial charge in [-0.25, -0.2) is 4.98 Å². The van der Waals surface area contributed by atoms with Gasteiger partial charge in [0, 0.05) is 10.2 Å². The Balaban J connectivity index is 2.05. The Morgan fingerprint density at radius 1 is 1.37 bits per heavy atom. The molecule has 0 aromatic carbocycles. The van der Waals surface area contributed by atoms with Crippen LogP contribution in [0.25, 0.3) is 0 Å². The van der Waals surface area contributed by atoms with E-state index in [1.54, 1.807) is 10.7 Å². The molecule has 0 fully saturated rings. The first kappa shape index (κ1) is 13.7. The Morgan fingerprint density at radius 2 is 2.11 bits per heavy atom. The molecule has 0 aliphatic heterocycles. The molecular weight excluding hydrogens is 308 g/mol. The van der Waals surface area contributed by atoms with Gasteiger partial charge in [0.15, 0.2) is 0 Å². The first-order valence-corrected chi connectivity index (χ1v) is 6.69. The molecule has 2 aromatic heterocycles. The summed E-state index contributed by atoms with van der Waals surface area (Å²) in [5.41, 5.74) is 2.71. The van der Waals surface area contributed by atoms with E-state index in [4.69, 9.17) is 0 Å². The van der Waals surface area contributed by atoms with E-state index in [-0.39, 0.29) is 12.5 Å². The molecule has 0 atom stereocenters. The summed E-state index contributed by atoms with van der Waals surface area (Å²) >= 11 is 3.37. The molecule has 2 aromatic rings. The van der Waals surface area contributed by atoms with Gasteiger partial charge in [-0.3, -0.25) is 9.48 Å². The summed E-state index contributed by atoms with van der Waals surface area (Å²) in [5, 5.41) is 7.01. The van der Waals surface area contributed by atoms with Crippen LogP contribution in [0.2, 0.25) is 0 Å². The summed E-state index contributed by atoms with van der Waals surface area (Å²) in [6, 6.07) is 5.56. The predicted molar refractivity (Wildman–Crippen MR) is 77.0 cm³/mol. The zero-order valence-electron chi connectivity index (χ0n) is 11.1. The summed E-state index contributed by atoms with van der Waals surface area (Å²) in [6.07, 6.45) is 0. The highest BCUT2D eigenvalue weighted by Gasteiger charge is 2.08. The lowest BCUT2D eigenvalue weighted by atomic mass is 10.3. The predicted octanol–water partition coefficient (Wildman–Crippen LogP) is 2.60. The first-order chi connectivity index (χ1) is 8.95. The molecule has 6 heteroatoms. The highest BCUT2D eigenvalue weighted by Crippen LogP contribution is 2.16. The SMILES string of the molecule is Cc1cc(C)n(CC(=O)Nc2ccc(Br)c(C)n2)n1. The van der Waals surface area contributed by atoms with Crippen molar-refractivity contribution in [2.45, 2.75) is 27.3 Å². The lowest BCUT2D eigenvalue weighted by Gasteiger charge is -2.07. The van der Waals surface area contributed by atoms with Gasteiger partial charge in [-0.2, -0.15) is 5.10 Å². The average molecular weight is 323 g/mol. The van der Waals surface area contributed by atoms with Gasteiger partial charge >= 0.3 is 0 Å². The lowest BCUT2D eigenvalue weighted by Crippen LogP contribution is -2.21. The number of nitrogens with zero attached hydrogens (tertiary/aromatic N) is 3. The average Bonchev–Trinajstić information content (AvgIpc) is 2.62. The number of hydrogen-bond acceptors (Lipinski definition) is 3. The summed E-state index contributed by atoms with van der Waals surface area (Å²) in [4.78, 5) is 16.2. The van der Waals surface area contributed by atoms with Crippen molar-refractivity contribution < 1.29 is 4.79 Å². The monoisotopic (exact) mass is 322 g/mol. The van der Waals surface area contributed by atoms with Crippen LogP contribution in [0.5, 0.6) is 0 Å². The van der Waals surface area contributed by atoms with Gasteiger partial charge in [-0.05, 0) is 54.9 Å². The van der Waals surface area contributed by atoms with Crippen LogP contribution in [0.3, 0.4) is 0 Å². The van der Waals surface area contributed by atoms with Gasteiger partial charge in [-0.1, -0.05) is 0 Å². The number of rotatable bonds is 3. The number of hydrogen-bond donors (Lipinski definition) is 1. The number of anilines is 1. The molecule has 100 valence electrons. The molecule has 5 nitrogen and oxygen atoms in total. The van der Waals surface area contributed by atoms with Crippen molar-refractivity contribution in [3.05, 3.63) is 39.8 Å². The van der Waals surface area contributed by atoms with E-state index < -0.39 is 0 Å². The second-order valence-electron chi connectivity index (χ2n) is 4.40. The largest absolute Gasteiger partial charge is 0.309 e. The standard InChI is InChI=1S/C13H15BrN4O/c1-8-6-9(2)18(17-8)7-13(19)16-12-5-4-11(14)10(3)15-12/h4-6H,7H2,1-3H3,(H,15,16,19). The lowest BCUT2D eigenvalue weighted by molar-refractivity contribution is -0.117. The minimum absolute atomic E-state index is 0.138. The minimum Gasteiger partial charge on any atom is -0.309 e. The molecule has 1 amide bonds. The zero-order chi connectivity index (χ0) is 14.0. The quantitative estimate of drug-likeness (QED) is 0.944. The Hall–Kier alpha value is -1.69. The Labute approximate surface area is 120 Å². The van der Waals surface area contributed by atoms with Crippen molar-refractivity contribution in [2.75, 3.05) is 5.32 Å². The maximum Gasteiger partial charge on any atom is 0.247 e. The molecule has 0 spiro atoms. The molecule has 19 heavy (non-hydrogen) atoms. The summed E-state index contributed by atoms with van der Waals surface area (Å²) < 4.78 is 2.60. The van der Waals surface area contributed by atoms with Crippen LogP contribution in [-0.2, 0) is 11.3 Å². The highest BCUT2D eigenvalue weighted by molar-refractivity contribution is 9.10. The molecule has 2 rings (SSSR count). The van der Waals surface area contributed by atoms with Crippen molar-refractivity contribution in [1.29, 1.82) is 0 Å². The van der Waals surface area contributed by atoms with Crippen molar-refractivity contribution in [1.82, 2.24) is 14.8 Å². The van der Waals surface area contributed by atoms with E-state index in [0.717, 1.165) is 21.6 Å². The minimum atomic E-state index is -0.138. The maximum atomic E-state index is 11.9. The van der Waals surface area contributed by atoms with Gasteiger partial charge in [0.25, 0.3) is 0 Å². The van der Waals surface area contributed by atoms with Gasteiger partial charge < -0.3 is 5.32 Å². The molecule has 0 aliphatic carbocycles. The molecule has 0 saturated heterocycles. The second kappa shape index (κ2) is 5.52. The number of halogens is 1. The molecule has 2 heterocycles. The van der Waals surface area contributed by atoms with Gasteiger partial charge in [0.1, 0.15) is 12.4 Å². The summed E-state index contributed by atoms with van der Waals surface area (Å²) in [7, 11) is 0. The first-order valence-electron chi connectivity index (χ1n) is 5.90. The fraction of sp³-hybridized carbons (Fsp3) is 0.308. The van der Waals surface area contributed by atoms with Gasteiger partial charge in [0.2, 0.25) is 5.91 Å². The van der Waals surface area contributed by atoms with Crippen molar-refractivity contribution in [2.24, 2.45) is 0 Å². The topological polar surface area (TPSA) is 59.8 Å². The van der Waals surface area contributed by atoms with E-state index >= 15 is 0 Å². The maximum absolute atomic E-state index is 11.9. The highest BCUT2D eigenvalue weighted by atomic mass is 79.9. The number of amides is 1. The van der Waals surface area contributed by atoms with Gasteiger partial charge in [-0.15, -0.1) is 0 Å². The van der Waals surface area contributed by atoms with E-state index in [0.29, 0.717) is 5.82 Å². The molecule has 0 aliphatic rings. The van der Waals surface area contributed by atoms with Crippen molar-refractivity contribution in [3.63, 3.8) is 0 Å². The van der Waals surface area contributed by atoms with Crippen molar-refractivity contribution in [3.8, 4) is 0 Å². The van der Waals surface area contributed by atoms with Gasteiger partial charge in [0.05, 0.1) is 11.4 Å². The molecule has 0 bridgehead atoms. The van der Waals surface area contributed by atoms with E-state index in [1.165, 1.54) is 0 Å². The van der Waals surface area contributed by atoms with E-state index in [2.05, 4.69) is 31.3 Å². The van der Waals surface area contributed by atoms with E-state index in [9.17, 15) is 4.79 Å². The molecule has 0 radical (unpaired) electrons.